The summed E-state index contributed by atoms with van der Waals surface area (Å²) in [5, 5.41) is 14.2. The van der Waals surface area contributed by atoms with Gasteiger partial charge in [0.15, 0.2) is 0 Å². The largest absolute Gasteiger partial charge is 0.333 e. The zero-order chi connectivity index (χ0) is 12.1. The Hall–Kier alpha value is -1.82. The van der Waals surface area contributed by atoms with Gasteiger partial charge < -0.3 is 10.6 Å². The normalized spacial score (nSPS) is 10.2. The minimum absolute atomic E-state index is 0.174. The van der Waals surface area contributed by atoms with E-state index in [1.807, 2.05) is 24.4 Å². The number of urea groups is 1. The Labute approximate surface area is 103 Å². The number of carbonyl (C=O) groups is 1. The number of aromatic nitrogens is 2. The average molecular weight is 250 g/mol. The molecule has 3 N–H and O–H groups in total. The Bertz CT molecular complexity index is 477. The Balaban J connectivity index is 1.73. The number of hydrogen-bond acceptors (Lipinski definition) is 3. The first-order valence-electron chi connectivity index (χ1n) is 5.28. The summed E-state index contributed by atoms with van der Waals surface area (Å²) in [4.78, 5) is 12.7. The van der Waals surface area contributed by atoms with Gasteiger partial charge in [-0.2, -0.15) is 5.10 Å². The molecule has 0 aliphatic heterocycles. The van der Waals surface area contributed by atoms with Crippen molar-refractivity contribution in [3.8, 4) is 0 Å². The van der Waals surface area contributed by atoms with Crippen molar-refractivity contribution in [2.24, 2.45) is 0 Å². The van der Waals surface area contributed by atoms with E-state index >= 15 is 0 Å². The molecular weight excluding hydrogens is 236 g/mol. The van der Waals surface area contributed by atoms with Crippen LogP contribution in [0.1, 0.15) is 16.1 Å². The molecule has 2 amide bonds. The van der Waals surface area contributed by atoms with Crippen molar-refractivity contribution < 1.29 is 4.79 Å². The first kappa shape index (κ1) is 11.7. The first-order chi connectivity index (χ1) is 8.25. The lowest BCUT2D eigenvalue weighted by Gasteiger charge is -2.06. The van der Waals surface area contributed by atoms with Gasteiger partial charge in [-0.1, -0.05) is 0 Å². The SMILES string of the molecule is Cc1ccsc1CNC(=O)NCc1ccn[nH]1. The molecule has 90 valence electrons. The number of nitrogens with zero attached hydrogens (tertiary/aromatic N) is 1. The lowest BCUT2D eigenvalue weighted by atomic mass is 10.3. The molecule has 0 radical (unpaired) electrons. The van der Waals surface area contributed by atoms with E-state index in [9.17, 15) is 4.79 Å². The van der Waals surface area contributed by atoms with E-state index in [0.717, 1.165) is 5.69 Å². The monoisotopic (exact) mass is 250 g/mol. The topological polar surface area (TPSA) is 69.8 Å². The molecule has 0 aromatic carbocycles. The maximum atomic E-state index is 11.5. The number of H-pyrrole nitrogens is 1. The molecule has 0 fully saturated rings. The molecule has 6 heteroatoms. The third-order valence-electron chi connectivity index (χ3n) is 2.38. The van der Waals surface area contributed by atoms with Crippen molar-refractivity contribution in [2.75, 3.05) is 0 Å². The summed E-state index contributed by atoms with van der Waals surface area (Å²) in [7, 11) is 0. The summed E-state index contributed by atoms with van der Waals surface area (Å²) in [5.74, 6) is 0. The number of carbonyl (C=O) groups excluding carboxylic acids is 1. The van der Waals surface area contributed by atoms with Gasteiger partial charge in [-0.3, -0.25) is 5.10 Å². The van der Waals surface area contributed by atoms with Crippen LogP contribution in [0.15, 0.2) is 23.7 Å². The van der Waals surface area contributed by atoms with Crippen LogP contribution in [-0.2, 0) is 13.1 Å². The fraction of sp³-hybridized carbons (Fsp3) is 0.273. The van der Waals surface area contributed by atoms with Gasteiger partial charge in [0.1, 0.15) is 0 Å². The van der Waals surface area contributed by atoms with Crippen LogP contribution >= 0.6 is 11.3 Å². The quantitative estimate of drug-likeness (QED) is 0.774. The van der Waals surface area contributed by atoms with Crippen LogP contribution in [0.3, 0.4) is 0 Å². The fourth-order valence-electron chi connectivity index (χ4n) is 1.37. The zero-order valence-corrected chi connectivity index (χ0v) is 10.3. The van der Waals surface area contributed by atoms with Crippen molar-refractivity contribution in [3.63, 3.8) is 0 Å². The van der Waals surface area contributed by atoms with Crippen molar-refractivity contribution in [3.05, 3.63) is 39.8 Å². The van der Waals surface area contributed by atoms with Crippen molar-refractivity contribution in [1.29, 1.82) is 0 Å². The summed E-state index contributed by atoms with van der Waals surface area (Å²) in [6, 6.07) is 3.70. The van der Waals surface area contributed by atoms with Crippen LogP contribution < -0.4 is 10.6 Å². The third-order valence-corrected chi connectivity index (χ3v) is 3.40. The summed E-state index contributed by atoms with van der Waals surface area (Å²) < 4.78 is 0. The van der Waals surface area contributed by atoms with E-state index in [-0.39, 0.29) is 6.03 Å². The van der Waals surface area contributed by atoms with Crippen LogP contribution in [0.25, 0.3) is 0 Å². The van der Waals surface area contributed by atoms with E-state index in [1.54, 1.807) is 17.5 Å². The molecule has 2 rings (SSSR count). The molecular formula is C11H14N4OS. The molecule has 5 nitrogen and oxygen atoms in total. The molecule has 0 aliphatic rings. The van der Waals surface area contributed by atoms with Crippen LogP contribution in [0, 0.1) is 6.92 Å². The van der Waals surface area contributed by atoms with Crippen LogP contribution in [0.2, 0.25) is 0 Å². The zero-order valence-electron chi connectivity index (χ0n) is 9.49. The molecule has 0 aliphatic carbocycles. The number of nitrogens with one attached hydrogen (secondary N) is 3. The summed E-state index contributed by atoms with van der Waals surface area (Å²) in [6.45, 7) is 3.06. The number of amides is 2. The maximum absolute atomic E-state index is 11.5. The number of aryl methyl sites for hydroxylation is 1. The molecule has 2 heterocycles. The summed E-state index contributed by atoms with van der Waals surface area (Å²) in [5.41, 5.74) is 2.09. The van der Waals surface area contributed by atoms with Gasteiger partial charge in [0.05, 0.1) is 18.8 Å². The van der Waals surface area contributed by atoms with Gasteiger partial charge in [-0.15, -0.1) is 11.3 Å². The van der Waals surface area contributed by atoms with Crippen molar-refractivity contribution in [1.82, 2.24) is 20.8 Å². The molecule has 2 aromatic heterocycles. The Morgan fingerprint density at radius 1 is 1.41 bits per heavy atom. The lowest BCUT2D eigenvalue weighted by molar-refractivity contribution is 0.240. The van der Waals surface area contributed by atoms with Gasteiger partial charge in [-0.25, -0.2) is 4.79 Å². The van der Waals surface area contributed by atoms with E-state index in [4.69, 9.17) is 0 Å². The minimum Gasteiger partial charge on any atom is -0.333 e. The third kappa shape index (κ3) is 3.32. The minimum atomic E-state index is -0.174. The Kier molecular flexibility index (Phi) is 3.77. The summed E-state index contributed by atoms with van der Waals surface area (Å²) in [6.07, 6.45) is 1.66. The molecule has 0 saturated carbocycles. The molecule has 2 aromatic rings. The number of rotatable bonds is 4. The highest BCUT2D eigenvalue weighted by Crippen LogP contribution is 2.14. The number of aromatic amines is 1. The van der Waals surface area contributed by atoms with Crippen LogP contribution in [0.4, 0.5) is 4.79 Å². The predicted molar refractivity (Wildman–Crippen MR) is 66.7 cm³/mol. The number of thiophene rings is 1. The van der Waals surface area contributed by atoms with Gasteiger partial charge in [0.25, 0.3) is 0 Å². The second kappa shape index (κ2) is 5.49. The van der Waals surface area contributed by atoms with Gasteiger partial charge >= 0.3 is 6.03 Å². The summed E-state index contributed by atoms with van der Waals surface area (Å²) >= 11 is 1.65. The van der Waals surface area contributed by atoms with Gasteiger partial charge in [0, 0.05) is 11.1 Å². The van der Waals surface area contributed by atoms with E-state index in [2.05, 4.69) is 20.8 Å². The van der Waals surface area contributed by atoms with Crippen LogP contribution in [-0.4, -0.2) is 16.2 Å². The molecule has 0 atom stereocenters. The van der Waals surface area contributed by atoms with E-state index in [1.165, 1.54) is 10.4 Å². The smallest absolute Gasteiger partial charge is 0.315 e. The molecule has 0 spiro atoms. The maximum Gasteiger partial charge on any atom is 0.315 e. The molecule has 0 unspecified atom stereocenters. The predicted octanol–water partition coefficient (Wildman–Crippen LogP) is 1.78. The second-order valence-electron chi connectivity index (χ2n) is 3.64. The molecule has 0 saturated heterocycles. The second-order valence-corrected chi connectivity index (χ2v) is 4.65. The Morgan fingerprint density at radius 3 is 2.88 bits per heavy atom. The number of hydrogen-bond donors (Lipinski definition) is 3. The highest BCUT2D eigenvalue weighted by Gasteiger charge is 2.03. The first-order valence-corrected chi connectivity index (χ1v) is 6.16. The lowest BCUT2D eigenvalue weighted by Crippen LogP contribution is -2.34. The van der Waals surface area contributed by atoms with Crippen LogP contribution in [0.5, 0.6) is 0 Å². The van der Waals surface area contributed by atoms with E-state index < -0.39 is 0 Å². The van der Waals surface area contributed by atoms with Crippen molar-refractivity contribution >= 4 is 17.4 Å². The Morgan fingerprint density at radius 2 is 2.24 bits per heavy atom. The van der Waals surface area contributed by atoms with Gasteiger partial charge in [-0.05, 0) is 30.0 Å². The highest BCUT2D eigenvalue weighted by molar-refractivity contribution is 7.10. The fourth-order valence-corrected chi connectivity index (χ4v) is 2.21. The highest BCUT2D eigenvalue weighted by atomic mass is 32.1. The van der Waals surface area contributed by atoms with Gasteiger partial charge in [0.2, 0.25) is 0 Å². The standard InChI is InChI=1S/C11H14N4OS/c1-8-3-5-17-10(8)7-13-11(16)12-6-9-2-4-14-15-9/h2-5H,6-7H2,1H3,(H,14,15)(H2,12,13,16). The van der Waals surface area contributed by atoms with Crippen molar-refractivity contribution in [2.45, 2.75) is 20.0 Å². The molecule has 17 heavy (non-hydrogen) atoms. The average Bonchev–Trinajstić information content (AvgIpc) is 2.95. The van der Waals surface area contributed by atoms with E-state index in [0.29, 0.717) is 13.1 Å². The molecule has 0 bridgehead atoms.